The van der Waals surface area contributed by atoms with Crippen LogP contribution in [-0.2, 0) is 6.54 Å². The highest BCUT2D eigenvalue weighted by Crippen LogP contribution is 2.22. The van der Waals surface area contributed by atoms with Crippen LogP contribution in [0, 0.1) is 6.92 Å². The maximum atomic E-state index is 5.83. The van der Waals surface area contributed by atoms with E-state index in [9.17, 15) is 0 Å². The first-order chi connectivity index (χ1) is 10.1. The number of fused-ring (bicyclic) bond motifs is 1. The number of rotatable bonds is 4. The van der Waals surface area contributed by atoms with Crippen LogP contribution >= 0.6 is 23.6 Å². The summed E-state index contributed by atoms with van der Waals surface area (Å²) < 4.78 is 0. The van der Waals surface area contributed by atoms with Crippen molar-refractivity contribution in [2.75, 3.05) is 5.32 Å². The molecule has 0 spiro atoms. The van der Waals surface area contributed by atoms with Crippen LogP contribution in [0.15, 0.2) is 35.8 Å². The molecule has 1 aromatic carbocycles. The van der Waals surface area contributed by atoms with Gasteiger partial charge in [-0.15, -0.1) is 11.3 Å². The summed E-state index contributed by atoms with van der Waals surface area (Å²) in [4.78, 5) is 10.4. The number of thiocarbonyl (C=S) groups is 1. The predicted octanol–water partition coefficient (Wildman–Crippen LogP) is 3.25. The van der Waals surface area contributed by atoms with E-state index in [1.165, 1.54) is 4.88 Å². The molecule has 0 saturated heterocycles. The van der Waals surface area contributed by atoms with E-state index in [2.05, 4.69) is 15.3 Å². The quantitative estimate of drug-likeness (QED) is 0.724. The standard InChI is InChI=1S/C15H14N4S2/c1-9-13(21-8-18-9)7-17-15-11(14(16)20)6-10-4-2-3-5-12(10)19-15/h2-6,8H,7H2,1H3,(H2,16,20)(H,17,19). The number of nitrogens with zero attached hydrogens (tertiary/aromatic N) is 2. The Morgan fingerprint density at radius 1 is 1.38 bits per heavy atom. The molecule has 21 heavy (non-hydrogen) atoms. The van der Waals surface area contributed by atoms with Crippen molar-refractivity contribution in [1.82, 2.24) is 9.97 Å². The van der Waals surface area contributed by atoms with Gasteiger partial charge in [-0.2, -0.15) is 0 Å². The smallest absolute Gasteiger partial charge is 0.137 e. The first-order valence-corrected chi connectivity index (χ1v) is 7.76. The fourth-order valence-corrected chi connectivity index (χ4v) is 2.97. The minimum Gasteiger partial charge on any atom is -0.389 e. The molecule has 0 aliphatic carbocycles. The number of benzene rings is 1. The van der Waals surface area contributed by atoms with Crippen LogP contribution in [0.1, 0.15) is 16.1 Å². The van der Waals surface area contributed by atoms with Crippen molar-refractivity contribution >= 4 is 45.3 Å². The lowest BCUT2D eigenvalue weighted by Crippen LogP contribution is -2.14. The Hall–Kier alpha value is -2.05. The fourth-order valence-electron chi connectivity index (χ4n) is 2.10. The van der Waals surface area contributed by atoms with Crippen molar-refractivity contribution in [3.8, 4) is 0 Å². The zero-order valence-electron chi connectivity index (χ0n) is 11.5. The second kappa shape index (κ2) is 5.75. The largest absolute Gasteiger partial charge is 0.389 e. The highest BCUT2D eigenvalue weighted by atomic mass is 32.1. The number of hydrogen-bond acceptors (Lipinski definition) is 5. The average Bonchev–Trinajstić information content (AvgIpc) is 2.89. The number of pyridine rings is 1. The van der Waals surface area contributed by atoms with Crippen LogP contribution in [0.2, 0.25) is 0 Å². The Morgan fingerprint density at radius 2 is 2.19 bits per heavy atom. The van der Waals surface area contributed by atoms with Crippen molar-refractivity contribution in [2.24, 2.45) is 5.73 Å². The zero-order valence-corrected chi connectivity index (χ0v) is 13.1. The highest BCUT2D eigenvalue weighted by molar-refractivity contribution is 7.80. The summed E-state index contributed by atoms with van der Waals surface area (Å²) in [5.74, 6) is 0.717. The molecule has 106 valence electrons. The van der Waals surface area contributed by atoms with Crippen molar-refractivity contribution in [1.29, 1.82) is 0 Å². The van der Waals surface area contributed by atoms with Gasteiger partial charge in [0.15, 0.2) is 0 Å². The van der Waals surface area contributed by atoms with Gasteiger partial charge in [0.25, 0.3) is 0 Å². The van der Waals surface area contributed by atoms with E-state index in [-0.39, 0.29) is 0 Å². The van der Waals surface area contributed by atoms with Crippen LogP contribution in [0.5, 0.6) is 0 Å². The molecule has 0 aliphatic rings. The lowest BCUT2D eigenvalue weighted by Gasteiger charge is -2.11. The molecule has 0 fully saturated rings. The molecule has 0 aliphatic heterocycles. The topological polar surface area (TPSA) is 63.8 Å². The summed E-state index contributed by atoms with van der Waals surface area (Å²) in [6, 6.07) is 9.89. The molecule has 2 aromatic heterocycles. The lowest BCUT2D eigenvalue weighted by molar-refractivity contribution is 1.10. The van der Waals surface area contributed by atoms with Gasteiger partial charge in [-0.3, -0.25) is 0 Å². The van der Waals surface area contributed by atoms with Gasteiger partial charge in [0.1, 0.15) is 10.8 Å². The number of para-hydroxylation sites is 1. The maximum Gasteiger partial charge on any atom is 0.137 e. The Labute approximate surface area is 132 Å². The molecule has 3 aromatic rings. The normalized spacial score (nSPS) is 10.7. The molecule has 2 heterocycles. The molecule has 3 rings (SSSR count). The van der Waals surface area contributed by atoms with Crippen LogP contribution in [-0.4, -0.2) is 15.0 Å². The number of nitrogens with one attached hydrogen (secondary N) is 1. The maximum absolute atomic E-state index is 5.83. The van der Waals surface area contributed by atoms with Gasteiger partial charge in [-0.25, -0.2) is 9.97 Å². The monoisotopic (exact) mass is 314 g/mol. The van der Waals surface area contributed by atoms with Crippen LogP contribution < -0.4 is 11.1 Å². The predicted molar refractivity (Wildman–Crippen MR) is 91.8 cm³/mol. The third-order valence-corrected chi connectivity index (χ3v) is 4.41. The highest BCUT2D eigenvalue weighted by Gasteiger charge is 2.10. The van der Waals surface area contributed by atoms with E-state index in [0.29, 0.717) is 17.4 Å². The lowest BCUT2D eigenvalue weighted by atomic mass is 10.1. The van der Waals surface area contributed by atoms with E-state index in [1.54, 1.807) is 11.3 Å². The molecule has 6 heteroatoms. The van der Waals surface area contributed by atoms with Crippen molar-refractivity contribution in [3.63, 3.8) is 0 Å². The summed E-state index contributed by atoms with van der Waals surface area (Å²) in [5, 5.41) is 4.35. The number of anilines is 1. The molecule has 0 amide bonds. The molecule has 4 nitrogen and oxygen atoms in total. The molecule has 0 unspecified atom stereocenters. The molecular weight excluding hydrogens is 300 g/mol. The fraction of sp³-hybridized carbons (Fsp3) is 0.133. The van der Waals surface area contributed by atoms with Crippen molar-refractivity contribution in [3.05, 3.63) is 52.0 Å². The minimum atomic E-state index is 0.344. The number of aromatic nitrogens is 2. The summed E-state index contributed by atoms with van der Waals surface area (Å²) in [5.41, 5.74) is 10.4. The van der Waals surface area contributed by atoms with E-state index >= 15 is 0 Å². The molecule has 0 saturated carbocycles. The Balaban J connectivity index is 1.97. The Bertz CT molecular complexity index is 810. The molecule has 0 radical (unpaired) electrons. The first kappa shape index (κ1) is 13.9. The first-order valence-electron chi connectivity index (χ1n) is 6.47. The molecule has 3 N–H and O–H groups in total. The molecular formula is C15H14N4S2. The van der Waals surface area contributed by atoms with Crippen molar-refractivity contribution < 1.29 is 0 Å². The second-order valence-electron chi connectivity index (χ2n) is 4.66. The van der Waals surface area contributed by atoms with Crippen LogP contribution in [0.3, 0.4) is 0 Å². The zero-order chi connectivity index (χ0) is 14.8. The van der Waals surface area contributed by atoms with Crippen LogP contribution in [0.25, 0.3) is 10.9 Å². The van der Waals surface area contributed by atoms with Gasteiger partial charge in [-0.05, 0) is 19.1 Å². The van der Waals surface area contributed by atoms with E-state index in [1.807, 2.05) is 42.8 Å². The molecule has 0 atom stereocenters. The average molecular weight is 314 g/mol. The van der Waals surface area contributed by atoms with Gasteiger partial charge in [0.2, 0.25) is 0 Å². The van der Waals surface area contributed by atoms with Gasteiger partial charge in [-0.1, -0.05) is 30.4 Å². The second-order valence-corrected chi connectivity index (χ2v) is 6.04. The van der Waals surface area contributed by atoms with Gasteiger partial charge >= 0.3 is 0 Å². The third kappa shape index (κ3) is 2.86. The Morgan fingerprint density at radius 3 is 2.90 bits per heavy atom. The third-order valence-electron chi connectivity index (χ3n) is 3.25. The van der Waals surface area contributed by atoms with Gasteiger partial charge in [0.05, 0.1) is 28.8 Å². The number of nitrogens with two attached hydrogens (primary N) is 1. The van der Waals surface area contributed by atoms with E-state index in [4.69, 9.17) is 18.0 Å². The summed E-state index contributed by atoms with van der Waals surface area (Å²) in [6.07, 6.45) is 0. The van der Waals surface area contributed by atoms with Gasteiger partial charge < -0.3 is 11.1 Å². The van der Waals surface area contributed by atoms with Gasteiger partial charge in [0, 0.05) is 10.3 Å². The number of aryl methyl sites for hydroxylation is 1. The van der Waals surface area contributed by atoms with Crippen molar-refractivity contribution in [2.45, 2.75) is 13.5 Å². The SMILES string of the molecule is Cc1ncsc1CNc1nc2ccccc2cc1C(N)=S. The summed E-state index contributed by atoms with van der Waals surface area (Å²) in [7, 11) is 0. The number of thiazole rings is 1. The number of hydrogen-bond donors (Lipinski definition) is 2. The molecule has 0 bridgehead atoms. The van der Waals surface area contributed by atoms with E-state index in [0.717, 1.165) is 22.2 Å². The Kier molecular flexibility index (Phi) is 3.81. The summed E-state index contributed by atoms with van der Waals surface area (Å²) in [6.45, 7) is 2.66. The van der Waals surface area contributed by atoms with Crippen LogP contribution in [0.4, 0.5) is 5.82 Å². The van der Waals surface area contributed by atoms with E-state index < -0.39 is 0 Å². The minimum absolute atomic E-state index is 0.344. The summed E-state index contributed by atoms with van der Waals surface area (Å²) >= 11 is 6.76.